The van der Waals surface area contributed by atoms with Gasteiger partial charge >= 0.3 is 0 Å². The van der Waals surface area contributed by atoms with Gasteiger partial charge in [-0.05, 0) is 30.7 Å². The van der Waals surface area contributed by atoms with Crippen molar-refractivity contribution in [2.45, 2.75) is 18.6 Å². The van der Waals surface area contributed by atoms with E-state index in [4.69, 9.17) is 0 Å². The molecule has 0 unspecified atom stereocenters. The van der Waals surface area contributed by atoms with Gasteiger partial charge in [0.15, 0.2) is 0 Å². The third-order valence-electron chi connectivity index (χ3n) is 4.33. The maximum Gasteiger partial charge on any atom is 0.253 e. The van der Waals surface area contributed by atoms with Gasteiger partial charge in [-0.3, -0.25) is 4.79 Å². The van der Waals surface area contributed by atoms with Crippen LogP contribution in [-0.4, -0.2) is 56.1 Å². The van der Waals surface area contributed by atoms with Crippen molar-refractivity contribution in [2.75, 3.05) is 18.4 Å². The number of thiazole rings is 1. The van der Waals surface area contributed by atoms with Gasteiger partial charge in [-0.15, -0.1) is 11.3 Å². The van der Waals surface area contributed by atoms with Gasteiger partial charge in [0.25, 0.3) is 5.91 Å². The number of aromatic nitrogens is 3. The number of carbonyl (C=O) groups excluding carboxylic acids is 1. The molecular weight excluding hydrogens is 338 g/mol. The van der Waals surface area contributed by atoms with Crippen molar-refractivity contribution in [3.05, 3.63) is 47.7 Å². The Morgan fingerprint density at radius 2 is 2.12 bits per heavy atom. The molecule has 4 rings (SSSR count). The predicted molar refractivity (Wildman–Crippen MR) is 95.6 cm³/mol. The van der Waals surface area contributed by atoms with Crippen LogP contribution < -0.4 is 5.32 Å². The minimum Gasteiger partial charge on any atom is -0.389 e. The number of carbonyl (C=O) groups is 1. The fourth-order valence-electron chi connectivity index (χ4n) is 2.99. The van der Waals surface area contributed by atoms with Crippen molar-refractivity contribution in [3.8, 4) is 0 Å². The molecule has 1 aromatic carbocycles. The zero-order chi connectivity index (χ0) is 17.2. The maximum absolute atomic E-state index is 12.7. The molecule has 25 heavy (non-hydrogen) atoms. The number of hydrogen-bond acceptors (Lipinski definition) is 7. The molecule has 0 spiro atoms. The van der Waals surface area contributed by atoms with Crippen LogP contribution in [0.5, 0.6) is 0 Å². The van der Waals surface area contributed by atoms with Crippen molar-refractivity contribution in [1.82, 2.24) is 19.9 Å². The van der Waals surface area contributed by atoms with Crippen molar-refractivity contribution in [3.63, 3.8) is 0 Å². The third kappa shape index (κ3) is 3.31. The molecule has 0 bridgehead atoms. The summed E-state index contributed by atoms with van der Waals surface area (Å²) in [6.45, 7) is 0.852. The number of nitrogens with zero attached hydrogens (tertiary/aromatic N) is 4. The van der Waals surface area contributed by atoms with E-state index >= 15 is 0 Å². The molecule has 8 heteroatoms. The highest BCUT2D eigenvalue weighted by Gasteiger charge is 2.31. The van der Waals surface area contributed by atoms with Crippen LogP contribution in [0.25, 0.3) is 10.2 Å². The highest BCUT2D eigenvalue weighted by atomic mass is 32.1. The van der Waals surface area contributed by atoms with E-state index in [2.05, 4.69) is 20.3 Å². The zero-order valence-electron chi connectivity index (χ0n) is 13.4. The fraction of sp³-hybridized carbons (Fsp3) is 0.294. The van der Waals surface area contributed by atoms with Gasteiger partial charge in [0.2, 0.25) is 5.95 Å². The number of piperidine rings is 1. The lowest BCUT2D eigenvalue weighted by atomic mass is 10.0. The molecule has 1 amide bonds. The second-order valence-corrected chi connectivity index (χ2v) is 6.85. The Balaban J connectivity index is 1.43. The van der Waals surface area contributed by atoms with Crippen LogP contribution in [0.15, 0.2) is 42.2 Å². The van der Waals surface area contributed by atoms with Crippen LogP contribution in [0.1, 0.15) is 16.8 Å². The molecule has 2 atom stereocenters. The van der Waals surface area contributed by atoms with Crippen LogP contribution in [-0.2, 0) is 0 Å². The molecule has 0 radical (unpaired) electrons. The quantitative estimate of drug-likeness (QED) is 0.744. The summed E-state index contributed by atoms with van der Waals surface area (Å²) in [6.07, 6.45) is 3.26. The van der Waals surface area contributed by atoms with Gasteiger partial charge < -0.3 is 15.3 Å². The predicted octanol–water partition coefficient (Wildman–Crippen LogP) is 1.77. The molecule has 3 aromatic rings. The number of nitrogens with one attached hydrogen (secondary N) is 1. The Kier molecular flexibility index (Phi) is 4.29. The monoisotopic (exact) mass is 355 g/mol. The van der Waals surface area contributed by atoms with Gasteiger partial charge in [-0.1, -0.05) is 0 Å². The number of aliphatic hydroxyl groups excluding tert-OH is 1. The molecule has 3 heterocycles. The number of benzene rings is 1. The second-order valence-electron chi connectivity index (χ2n) is 5.97. The van der Waals surface area contributed by atoms with Crippen LogP contribution in [0.4, 0.5) is 5.95 Å². The summed E-state index contributed by atoms with van der Waals surface area (Å²) < 4.78 is 0.990. The fourth-order valence-corrected chi connectivity index (χ4v) is 3.71. The lowest BCUT2D eigenvalue weighted by Crippen LogP contribution is -2.51. The summed E-state index contributed by atoms with van der Waals surface area (Å²) in [5.41, 5.74) is 3.29. The minimum atomic E-state index is -0.673. The highest BCUT2D eigenvalue weighted by Crippen LogP contribution is 2.22. The van der Waals surface area contributed by atoms with Crippen molar-refractivity contribution in [2.24, 2.45) is 0 Å². The Morgan fingerprint density at radius 3 is 2.92 bits per heavy atom. The highest BCUT2D eigenvalue weighted by molar-refractivity contribution is 7.16. The third-order valence-corrected chi connectivity index (χ3v) is 5.12. The first-order valence-electron chi connectivity index (χ1n) is 8.05. The van der Waals surface area contributed by atoms with Gasteiger partial charge in [-0.2, -0.15) is 0 Å². The van der Waals surface area contributed by atoms with Crippen molar-refractivity contribution >= 4 is 33.4 Å². The summed E-state index contributed by atoms with van der Waals surface area (Å²) in [5, 5.41) is 13.5. The molecular formula is C17H17N5O2S. The van der Waals surface area contributed by atoms with Crippen molar-refractivity contribution < 1.29 is 9.90 Å². The largest absolute Gasteiger partial charge is 0.389 e. The summed E-state index contributed by atoms with van der Waals surface area (Å²) >= 11 is 1.51. The number of anilines is 1. The molecule has 7 nitrogen and oxygen atoms in total. The minimum absolute atomic E-state index is 0.0660. The van der Waals surface area contributed by atoms with Gasteiger partial charge in [0.1, 0.15) is 0 Å². The Morgan fingerprint density at radius 1 is 1.28 bits per heavy atom. The van der Waals surface area contributed by atoms with Gasteiger partial charge in [-0.25, -0.2) is 15.0 Å². The van der Waals surface area contributed by atoms with Gasteiger partial charge in [0.05, 0.1) is 27.9 Å². The molecule has 1 aliphatic heterocycles. The number of β-amino-alcohol motifs (C(OH)–C–C–N with tert-alkyl or cyclic N) is 1. The SMILES string of the molecule is O=C(c1ccc2ncsc2c1)N1CC[C@@H](Nc2ncccn2)[C@H](O)C1. The van der Waals surface area contributed by atoms with E-state index in [0.717, 1.165) is 10.2 Å². The number of likely N-dealkylation sites (tertiary alicyclic amines) is 1. The summed E-state index contributed by atoms with van der Waals surface area (Å²) in [7, 11) is 0. The Labute approximate surface area is 148 Å². The topological polar surface area (TPSA) is 91.2 Å². The first-order chi connectivity index (χ1) is 12.2. The van der Waals surface area contributed by atoms with Crippen molar-refractivity contribution in [1.29, 1.82) is 0 Å². The lowest BCUT2D eigenvalue weighted by Gasteiger charge is -2.36. The lowest BCUT2D eigenvalue weighted by molar-refractivity contribution is 0.0425. The molecule has 0 saturated carbocycles. The summed E-state index contributed by atoms with van der Waals surface area (Å²) in [5.74, 6) is 0.422. The standard InChI is InChI=1S/C17H17N5O2S/c23-14-9-22(7-4-12(14)21-17-18-5-1-6-19-17)16(24)11-2-3-13-15(8-11)25-10-20-13/h1-3,5-6,8,10,12,14,23H,4,7,9H2,(H,18,19,21)/t12-,14-/m1/s1. The molecule has 2 aromatic heterocycles. The number of aliphatic hydroxyl groups is 1. The number of hydrogen-bond donors (Lipinski definition) is 2. The van der Waals surface area contributed by atoms with E-state index < -0.39 is 6.10 Å². The van der Waals surface area contributed by atoms with E-state index in [1.54, 1.807) is 34.9 Å². The van der Waals surface area contributed by atoms with Gasteiger partial charge in [0, 0.05) is 31.0 Å². The number of rotatable bonds is 3. The first-order valence-corrected chi connectivity index (χ1v) is 8.93. The average molecular weight is 355 g/mol. The Bertz CT molecular complexity index is 885. The van der Waals surface area contributed by atoms with Crippen LogP contribution in [0.2, 0.25) is 0 Å². The van der Waals surface area contributed by atoms with E-state index in [1.807, 2.05) is 12.1 Å². The van der Waals surface area contributed by atoms with E-state index in [9.17, 15) is 9.90 Å². The normalized spacial score (nSPS) is 20.6. The molecule has 128 valence electrons. The second kappa shape index (κ2) is 6.73. The first kappa shape index (κ1) is 15.9. The zero-order valence-corrected chi connectivity index (χ0v) is 14.2. The molecule has 0 aliphatic carbocycles. The maximum atomic E-state index is 12.7. The number of fused-ring (bicyclic) bond motifs is 1. The molecule has 1 aliphatic rings. The van der Waals surface area contributed by atoms with Crippen LogP contribution in [0.3, 0.4) is 0 Å². The van der Waals surface area contributed by atoms with Crippen LogP contribution in [0, 0.1) is 0 Å². The Hall–Kier alpha value is -2.58. The number of amides is 1. The summed E-state index contributed by atoms with van der Waals surface area (Å²) in [4.78, 5) is 26.9. The summed E-state index contributed by atoms with van der Waals surface area (Å²) in [6, 6.07) is 7.08. The van der Waals surface area contributed by atoms with E-state index in [0.29, 0.717) is 24.5 Å². The van der Waals surface area contributed by atoms with E-state index in [-0.39, 0.29) is 18.5 Å². The van der Waals surface area contributed by atoms with Crippen LogP contribution >= 0.6 is 11.3 Å². The smallest absolute Gasteiger partial charge is 0.253 e. The molecule has 2 N–H and O–H groups in total. The molecule has 1 saturated heterocycles. The molecule has 1 fully saturated rings. The average Bonchev–Trinajstić information content (AvgIpc) is 3.11. The van der Waals surface area contributed by atoms with E-state index in [1.165, 1.54) is 11.3 Å².